The van der Waals surface area contributed by atoms with E-state index in [4.69, 9.17) is 23.4 Å². The van der Waals surface area contributed by atoms with Gasteiger partial charge in [0.15, 0.2) is 12.1 Å². The van der Waals surface area contributed by atoms with Crippen molar-refractivity contribution >= 4 is 16.0 Å². The van der Waals surface area contributed by atoms with Gasteiger partial charge < -0.3 is 24.1 Å². The molecule has 1 unspecified atom stereocenters. The maximum absolute atomic E-state index is 13.5. The number of nitrogens with one attached hydrogen (secondary N) is 1. The lowest BCUT2D eigenvalue weighted by Crippen LogP contribution is -2.55. The van der Waals surface area contributed by atoms with Crippen LogP contribution in [0.25, 0.3) is 22.5 Å². The van der Waals surface area contributed by atoms with Gasteiger partial charge in [-0.15, -0.1) is 0 Å². The highest BCUT2D eigenvalue weighted by Crippen LogP contribution is 2.36. The Morgan fingerprint density at radius 3 is 2.45 bits per heavy atom. The monoisotopic (exact) mass is 546 g/mol. The van der Waals surface area contributed by atoms with Crippen molar-refractivity contribution < 1.29 is 36.0 Å². The summed E-state index contributed by atoms with van der Waals surface area (Å²) in [5.74, 6) is -0.212. The number of H-pyrrole nitrogens is 1. The van der Waals surface area contributed by atoms with Gasteiger partial charge in [0.25, 0.3) is 10.1 Å². The summed E-state index contributed by atoms with van der Waals surface area (Å²) >= 11 is 0. The van der Waals surface area contributed by atoms with E-state index < -0.39 is 28.1 Å². The Morgan fingerprint density at radius 1 is 1.11 bits per heavy atom. The first kappa shape index (κ1) is 26.4. The highest BCUT2D eigenvalue weighted by molar-refractivity contribution is 7.86. The Labute approximate surface area is 219 Å². The number of carbonyl (C=O) groups excluding carboxylic acids is 1. The lowest BCUT2D eigenvalue weighted by atomic mass is 9.90. The van der Waals surface area contributed by atoms with Crippen LogP contribution in [0.4, 0.5) is 4.39 Å². The second-order valence-electron chi connectivity index (χ2n) is 9.45. The molecule has 1 aromatic carbocycles. The van der Waals surface area contributed by atoms with Crippen molar-refractivity contribution in [1.82, 2.24) is 19.9 Å². The molecule has 3 aromatic rings. The number of rotatable bonds is 6. The van der Waals surface area contributed by atoms with Gasteiger partial charge in [-0.2, -0.15) is 8.42 Å². The van der Waals surface area contributed by atoms with Crippen LogP contribution < -0.4 is 0 Å². The van der Waals surface area contributed by atoms with Crippen LogP contribution in [0.5, 0.6) is 0 Å². The molecule has 0 radical (unpaired) electrons. The van der Waals surface area contributed by atoms with Crippen molar-refractivity contribution in [2.75, 3.05) is 39.2 Å². The van der Waals surface area contributed by atoms with E-state index in [1.807, 2.05) is 12.1 Å². The molecular formula is C25H27FN4O7S. The van der Waals surface area contributed by atoms with Gasteiger partial charge in [0, 0.05) is 30.1 Å². The molecule has 1 atom stereocenters. The molecule has 2 saturated heterocycles. The number of aromatic amines is 1. The minimum Gasteiger partial charge on any atom is -0.348 e. The SMILES string of the molecule is CC1(C(=O)N2CCOC(OS(C)(=O)=O)C2)COC(c2nc(-c3ccc(F)cc3)c(-c3ccncc3)[nH]2)OC1. The van der Waals surface area contributed by atoms with Gasteiger partial charge in [0.05, 0.1) is 49.4 Å². The predicted molar refractivity (Wildman–Crippen MR) is 132 cm³/mol. The third kappa shape index (κ3) is 5.76. The number of ether oxygens (including phenoxy) is 3. The lowest BCUT2D eigenvalue weighted by molar-refractivity contribution is -0.237. The average Bonchev–Trinajstić information content (AvgIpc) is 3.34. The topological polar surface area (TPSA) is 133 Å². The molecule has 0 bridgehead atoms. The maximum Gasteiger partial charge on any atom is 0.266 e. The second-order valence-corrected chi connectivity index (χ2v) is 11.1. The quantitative estimate of drug-likeness (QED) is 0.463. The molecule has 2 fully saturated rings. The molecule has 2 aromatic heterocycles. The van der Waals surface area contributed by atoms with Gasteiger partial charge in [-0.1, -0.05) is 0 Å². The largest absolute Gasteiger partial charge is 0.348 e. The molecule has 4 heterocycles. The summed E-state index contributed by atoms with van der Waals surface area (Å²) in [6.45, 7) is 2.21. The number of morpholine rings is 1. The summed E-state index contributed by atoms with van der Waals surface area (Å²) < 4.78 is 58.6. The van der Waals surface area contributed by atoms with Crippen LogP contribution >= 0.6 is 0 Å². The first-order chi connectivity index (χ1) is 18.1. The van der Waals surface area contributed by atoms with Gasteiger partial charge in [-0.3, -0.25) is 9.78 Å². The van der Waals surface area contributed by atoms with E-state index in [9.17, 15) is 17.6 Å². The zero-order valence-corrected chi connectivity index (χ0v) is 21.6. The van der Waals surface area contributed by atoms with Crippen LogP contribution in [-0.4, -0.2) is 79.6 Å². The third-order valence-corrected chi connectivity index (χ3v) is 6.82. The molecule has 13 heteroatoms. The molecule has 2 aliphatic heterocycles. The van der Waals surface area contributed by atoms with E-state index in [0.717, 1.165) is 11.8 Å². The first-order valence-electron chi connectivity index (χ1n) is 11.9. The molecule has 2 aliphatic rings. The van der Waals surface area contributed by atoms with Gasteiger partial charge in [-0.05, 0) is 43.3 Å². The van der Waals surface area contributed by atoms with E-state index in [1.54, 1.807) is 31.5 Å². The average molecular weight is 547 g/mol. The van der Waals surface area contributed by atoms with E-state index in [1.165, 1.54) is 17.0 Å². The van der Waals surface area contributed by atoms with E-state index in [0.29, 0.717) is 22.8 Å². The van der Waals surface area contributed by atoms with Gasteiger partial charge in [0.2, 0.25) is 12.2 Å². The summed E-state index contributed by atoms with van der Waals surface area (Å²) in [4.78, 5) is 26.8. The molecule has 11 nitrogen and oxygen atoms in total. The first-order valence-corrected chi connectivity index (χ1v) is 13.7. The minimum atomic E-state index is -3.74. The number of amides is 1. The van der Waals surface area contributed by atoms with Crippen LogP contribution in [0, 0.1) is 11.2 Å². The van der Waals surface area contributed by atoms with Gasteiger partial charge >= 0.3 is 0 Å². The lowest BCUT2D eigenvalue weighted by Gasteiger charge is -2.41. The smallest absolute Gasteiger partial charge is 0.266 e. The van der Waals surface area contributed by atoms with Crippen LogP contribution in [0.1, 0.15) is 19.0 Å². The molecule has 0 aliphatic carbocycles. The van der Waals surface area contributed by atoms with Gasteiger partial charge in [0.1, 0.15) is 5.82 Å². The number of benzene rings is 1. The highest BCUT2D eigenvalue weighted by atomic mass is 32.2. The van der Waals surface area contributed by atoms with Gasteiger partial charge in [-0.25, -0.2) is 13.6 Å². The summed E-state index contributed by atoms with van der Waals surface area (Å²) in [5.41, 5.74) is 1.80. The number of aromatic nitrogens is 3. The second kappa shape index (κ2) is 10.5. The van der Waals surface area contributed by atoms with Crippen molar-refractivity contribution in [3.8, 4) is 22.5 Å². The van der Waals surface area contributed by atoms with Crippen LogP contribution in [0.15, 0.2) is 48.8 Å². The zero-order valence-electron chi connectivity index (χ0n) is 20.8. The molecule has 202 valence electrons. The molecule has 0 saturated carbocycles. The van der Waals surface area contributed by atoms with Crippen molar-refractivity contribution in [3.63, 3.8) is 0 Å². The zero-order chi connectivity index (χ0) is 26.9. The Balaban J connectivity index is 1.32. The van der Waals surface area contributed by atoms with E-state index in [2.05, 4.69) is 9.97 Å². The fourth-order valence-electron chi connectivity index (χ4n) is 4.38. The maximum atomic E-state index is 13.5. The number of hydrogen-bond acceptors (Lipinski definition) is 9. The molecule has 38 heavy (non-hydrogen) atoms. The Kier molecular flexibility index (Phi) is 7.29. The third-order valence-electron chi connectivity index (χ3n) is 6.26. The van der Waals surface area contributed by atoms with Crippen molar-refractivity contribution in [3.05, 3.63) is 60.4 Å². The van der Waals surface area contributed by atoms with Crippen LogP contribution in [-0.2, 0) is 33.3 Å². The van der Waals surface area contributed by atoms with Crippen LogP contribution in [0.2, 0.25) is 0 Å². The summed E-state index contributed by atoms with van der Waals surface area (Å²) in [7, 11) is -3.74. The number of halogens is 1. The summed E-state index contributed by atoms with van der Waals surface area (Å²) in [6, 6.07) is 9.66. The molecule has 1 amide bonds. The molecule has 1 N–H and O–H groups in total. The minimum absolute atomic E-state index is 0.0283. The number of carbonyl (C=O) groups is 1. The van der Waals surface area contributed by atoms with Crippen molar-refractivity contribution in [2.24, 2.45) is 5.41 Å². The Bertz CT molecular complexity index is 1390. The normalized spacial score (nSPS) is 24.3. The van der Waals surface area contributed by atoms with E-state index in [-0.39, 0.29) is 44.6 Å². The number of nitrogens with zero attached hydrogens (tertiary/aromatic N) is 3. The fraction of sp³-hybridized carbons (Fsp3) is 0.400. The predicted octanol–water partition coefficient (Wildman–Crippen LogP) is 2.49. The Hall–Kier alpha value is -3.23. The van der Waals surface area contributed by atoms with E-state index >= 15 is 0 Å². The number of imidazole rings is 1. The van der Waals surface area contributed by atoms with Crippen molar-refractivity contribution in [2.45, 2.75) is 19.5 Å². The summed E-state index contributed by atoms with van der Waals surface area (Å²) in [6.07, 6.45) is 2.32. The van der Waals surface area contributed by atoms with Crippen molar-refractivity contribution in [1.29, 1.82) is 0 Å². The van der Waals surface area contributed by atoms with Crippen LogP contribution in [0.3, 0.4) is 0 Å². The number of hydrogen-bond donors (Lipinski definition) is 1. The summed E-state index contributed by atoms with van der Waals surface area (Å²) in [5, 5.41) is 0. The highest BCUT2D eigenvalue weighted by Gasteiger charge is 2.44. The molecule has 0 spiro atoms. The standard InChI is InChI=1S/C25H27FN4O7S/c1-25(24(31)30-11-12-34-19(13-30)37-38(2,32)33)14-35-23(36-15-25)22-28-20(16-3-5-18(26)6-4-16)21(29-22)17-7-9-27-10-8-17/h3-10,19,23H,11-15H2,1-2H3,(H,28,29). The number of pyridine rings is 1. The fourth-order valence-corrected chi connectivity index (χ4v) is 4.88. The molecule has 5 rings (SSSR count). The Morgan fingerprint density at radius 2 is 1.79 bits per heavy atom. The molecular weight excluding hydrogens is 519 g/mol.